The maximum Gasteiger partial charge on any atom is 0.259 e. The van der Waals surface area contributed by atoms with Crippen molar-refractivity contribution >= 4 is 17.5 Å². The molecule has 0 radical (unpaired) electrons. The smallest absolute Gasteiger partial charge is 0.259 e. The first-order chi connectivity index (χ1) is 12.6. The van der Waals surface area contributed by atoms with E-state index in [2.05, 4.69) is 45.9 Å². The third-order valence-electron chi connectivity index (χ3n) is 4.80. The van der Waals surface area contributed by atoms with Gasteiger partial charge in [-0.2, -0.15) is 4.57 Å². The maximum absolute atomic E-state index is 13.1. The van der Waals surface area contributed by atoms with Crippen molar-refractivity contribution in [2.75, 3.05) is 19.0 Å². The van der Waals surface area contributed by atoms with Crippen LogP contribution in [0.5, 0.6) is 0 Å². The molecule has 4 rings (SSSR count). The number of pyridine rings is 1. The van der Waals surface area contributed by atoms with Crippen LogP contribution in [0.15, 0.2) is 84.6 Å². The number of allylic oxidation sites excluding steroid dienone is 1. The number of aromatic nitrogens is 1. The van der Waals surface area contributed by atoms with E-state index in [9.17, 15) is 4.79 Å². The lowest BCUT2D eigenvalue weighted by Crippen LogP contribution is -2.38. The Balaban J connectivity index is 1.82. The number of hydrogen-bond donors (Lipinski definition) is 0. The molecule has 0 saturated heterocycles. The highest BCUT2D eigenvalue weighted by Crippen LogP contribution is 2.31. The molecule has 0 spiro atoms. The zero-order chi connectivity index (χ0) is 18.1. The van der Waals surface area contributed by atoms with Gasteiger partial charge in [0.15, 0.2) is 6.20 Å². The van der Waals surface area contributed by atoms with Crippen LogP contribution in [-0.4, -0.2) is 19.9 Å². The summed E-state index contributed by atoms with van der Waals surface area (Å²) in [6.07, 6.45) is 4.01. The van der Waals surface area contributed by atoms with Crippen LogP contribution in [0.1, 0.15) is 27.7 Å². The van der Waals surface area contributed by atoms with E-state index < -0.39 is 0 Å². The minimum atomic E-state index is -0.0894. The summed E-state index contributed by atoms with van der Waals surface area (Å²) in [4.78, 5) is 15.1. The fraction of sp³-hybridized carbons (Fsp3) is 0.130. The predicted molar refractivity (Wildman–Crippen MR) is 104 cm³/mol. The standard InChI is InChI=1S/C23H21N2O/c1-24(2)19-13-11-17(12-14-19)16-20-22(18-8-4-3-5-9-18)25-15-7-6-10-21(25)23(20)26/h3-16,22H,1-2H3/q+1/b20-16-. The fourth-order valence-electron chi connectivity index (χ4n) is 3.46. The van der Waals surface area contributed by atoms with Crippen molar-refractivity contribution in [3.05, 3.63) is 101 Å². The first-order valence-corrected chi connectivity index (χ1v) is 8.74. The van der Waals surface area contributed by atoms with Crippen LogP contribution >= 0.6 is 0 Å². The quantitative estimate of drug-likeness (QED) is 0.533. The van der Waals surface area contributed by atoms with Gasteiger partial charge < -0.3 is 4.90 Å². The Morgan fingerprint density at radius 1 is 0.885 bits per heavy atom. The van der Waals surface area contributed by atoms with Gasteiger partial charge in [-0.05, 0) is 29.8 Å². The molecule has 2 heterocycles. The number of anilines is 1. The Labute approximate surface area is 153 Å². The third-order valence-corrected chi connectivity index (χ3v) is 4.80. The monoisotopic (exact) mass is 341 g/mol. The van der Waals surface area contributed by atoms with Crippen molar-refractivity contribution in [1.82, 2.24) is 0 Å². The highest BCUT2D eigenvalue weighted by atomic mass is 16.1. The van der Waals surface area contributed by atoms with Crippen LogP contribution in [-0.2, 0) is 0 Å². The Hall–Kier alpha value is -3.20. The van der Waals surface area contributed by atoms with Gasteiger partial charge in [0.2, 0.25) is 6.04 Å². The average molecular weight is 341 g/mol. The molecule has 3 nitrogen and oxygen atoms in total. The molecule has 1 atom stereocenters. The van der Waals surface area contributed by atoms with Crippen LogP contribution in [0.2, 0.25) is 0 Å². The van der Waals surface area contributed by atoms with Gasteiger partial charge in [0.05, 0.1) is 5.57 Å². The second kappa shape index (κ2) is 6.60. The van der Waals surface area contributed by atoms with Gasteiger partial charge in [0, 0.05) is 37.5 Å². The van der Waals surface area contributed by atoms with E-state index in [4.69, 9.17) is 0 Å². The van der Waals surface area contributed by atoms with Crippen molar-refractivity contribution in [3.8, 4) is 0 Å². The molecule has 1 aliphatic rings. The zero-order valence-electron chi connectivity index (χ0n) is 15.0. The Morgan fingerprint density at radius 2 is 1.58 bits per heavy atom. The van der Waals surface area contributed by atoms with Gasteiger partial charge in [-0.3, -0.25) is 4.79 Å². The Morgan fingerprint density at radius 3 is 2.27 bits per heavy atom. The first kappa shape index (κ1) is 16.3. The number of carbonyl (C=O) groups is 1. The molecule has 26 heavy (non-hydrogen) atoms. The molecule has 1 unspecified atom stereocenters. The van der Waals surface area contributed by atoms with E-state index in [1.807, 2.05) is 62.8 Å². The van der Waals surface area contributed by atoms with E-state index >= 15 is 0 Å². The van der Waals surface area contributed by atoms with Crippen molar-refractivity contribution in [2.24, 2.45) is 0 Å². The summed E-state index contributed by atoms with van der Waals surface area (Å²) in [7, 11) is 4.04. The fourth-order valence-corrected chi connectivity index (χ4v) is 3.46. The molecule has 128 valence electrons. The summed E-state index contributed by atoms with van der Waals surface area (Å²) >= 11 is 0. The summed E-state index contributed by atoms with van der Waals surface area (Å²) in [6.45, 7) is 0. The van der Waals surface area contributed by atoms with Gasteiger partial charge >= 0.3 is 0 Å². The molecule has 0 aliphatic carbocycles. The van der Waals surface area contributed by atoms with Crippen LogP contribution in [0, 0.1) is 0 Å². The van der Waals surface area contributed by atoms with Crippen LogP contribution in [0.3, 0.4) is 0 Å². The van der Waals surface area contributed by atoms with Crippen molar-refractivity contribution < 1.29 is 9.36 Å². The van der Waals surface area contributed by atoms with Crippen LogP contribution in [0.25, 0.3) is 6.08 Å². The minimum absolute atomic E-state index is 0.0894. The van der Waals surface area contributed by atoms with Gasteiger partial charge in [-0.1, -0.05) is 42.5 Å². The number of ketones is 1. The third kappa shape index (κ3) is 2.82. The predicted octanol–water partition coefficient (Wildman–Crippen LogP) is 3.91. The lowest BCUT2D eigenvalue weighted by Gasteiger charge is -2.12. The van der Waals surface area contributed by atoms with Gasteiger partial charge in [-0.25, -0.2) is 0 Å². The second-order valence-electron chi connectivity index (χ2n) is 6.72. The molecule has 3 aromatic rings. The lowest BCUT2D eigenvalue weighted by molar-refractivity contribution is -0.700. The molecule has 0 fully saturated rings. The van der Waals surface area contributed by atoms with Gasteiger partial charge in [0.25, 0.3) is 11.5 Å². The summed E-state index contributed by atoms with van der Waals surface area (Å²) < 4.78 is 2.07. The molecule has 1 aromatic heterocycles. The maximum atomic E-state index is 13.1. The summed E-state index contributed by atoms with van der Waals surface area (Å²) in [5.41, 5.74) is 4.83. The van der Waals surface area contributed by atoms with E-state index in [-0.39, 0.29) is 11.8 Å². The zero-order valence-corrected chi connectivity index (χ0v) is 15.0. The summed E-state index contributed by atoms with van der Waals surface area (Å²) in [5.74, 6) is 0.0936. The molecule has 3 heteroatoms. The highest BCUT2D eigenvalue weighted by molar-refractivity contribution is 6.11. The van der Waals surface area contributed by atoms with E-state index in [0.29, 0.717) is 0 Å². The Bertz CT molecular complexity index is 973. The number of benzene rings is 2. The number of rotatable bonds is 3. The van der Waals surface area contributed by atoms with E-state index in [1.54, 1.807) is 0 Å². The number of Topliss-reactive ketones (excluding diaryl/α,β-unsaturated/α-hetero) is 1. The van der Waals surface area contributed by atoms with E-state index in [1.165, 1.54) is 0 Å². The minimum Gasteiger partial charge on any atom is -0.378 e. The molecule has 2 aromatic carbocycles. The highest BCUT2D eigenvalue weighted by Gasteiger charge is 2.43. The van der Waals surface area contributed by atoms with Crippen LogP contribution < -0.4 is 9.47 Å². The largest absolute Gasteiger partial charge is 0.378 e. The first-order valence-electron chi connectivity index (χ1n) is 8.74. The number of nitrogens with zero attached hydrogens (tertiary/aromatic N) is 2. The van der Waals surface area contributed by atoms with Crippen molar-refractivity contribution in [1.29, 1.82) is 0 Å². The molecular formula is C23H21N2O+. The lowest BCUT2D eigenvalue weighted by atomic mass is 9.96. The van der Waals surface area contributed by atoms with Crippen molar-refractivity contribution in [3.63, 3.8) is 0 Å². The average Bonchev–Trinajstić information content (AvgIpc) is 2.95. The second-order valence-corrected chi connectivity index (χ2v) is 6.72. The number of fused-ring (bicyclic) bond motifs is 1. The van der Waals surface area contributed by atoms with Gasteiger partial charge in [0.1, 0.15) is 0 Å². The molecule has 0 saturated carbocycles. The van der Waals surface area contributed by atoms with Crippen molar-refractivity contribution in [2.45, 2.75) is 6.04 Å². The number of hydrogen-bond acceptors (Lipinski definition) is 2. The molecule has 1 aliphatic heterocycles. The topological polar surface area (TPSA) is 24.2 Å². The molecular weight excluding hydrogens is 320 g/mol. The normalized spacial score (nSPS) is 17.4. The Kier molecular flexibility index (Phi) is 4.13. The number of carbonyl (C=O) groups excluding carboxylic acids is 1. The SMILES string of the molecule is CN(C)c1ccc(/C=C2\C(=O)c3cccc[n+]3C2c2ccccc2)cc1. The van der Waals surface area contributed by atoms with E-state index in [0.717, 1.165) is 28.1 Å². The summed E-state index contributed by atoms with van der Waals surface area (Å²) in [6, 6.07) is 24.2. The van der Waals surface area contributed by atoms with Gasteiger partial charge in [-0.15, -0.1) is 0 Å². The van der Waals surface area contributed by atoms with Crippen LogP contribution in [0.4, 0.5) is 5.69 Å². The molecule has 0 bridgehead atoms. The molecule has 0 N–H and O–H groups in total. The molecule has 0 amide bonds. The summed E-state index contributed by atoms with van der Waals surface area (Å²) in [5, 5.41) is 0.